The molecule has 1 unspecified atom stereocenters. The van der Waals surface area contributed by atoms with Crippen LogP contribution < -0.4 is 0 Å². The topological polar surface area (TPSA) is 40.9 Å². The first-order valence-electron chi connectivity index (χ1n) is 5.92. The zero-order valence-corrected chi connectivity index (χ0v) is 11.1. The van der Waals surface area contributed by atoms with Crippen LogP contribution in [-0.4, -0.2) is 5.78 Å². The second-order valence-corrected chi connectivity index (χ2v) is 5.32. The zero-order chi connectivity index (χ0) is 12.3. The van der Waals surface area contributed by atoms with Crippen molar-refractivity contribution in [2.24, 2.45) is 5.92 Å². The molecule has 2 nitrogen and oxygen atoms in total. The summed E-state index contributed by atoms with van der Waals surface area (Å²) in [6, 6.07) is 9.64. The molecule has 2 rings (SSSR count). The van der Waals surface area contributed by atoms with Crippen molar-refractivity contribution in [3.05, 3.63) is 34.3 Å². The fourth-order valence-corrected chi connectivity index (χ4v) is 2.96. The maximum Gasteiger partial charge on any atom is 0.157 e. The molecule has 1 aliphatic carbocycles. The number of nitrogens with zero attached hydrogens (tertiary/aromatic N) is 1. The van der Waals surface area contributed by atoms with Crippen LogP contribution in [0.25, 0.3) is 0 Å². The van der Waals surface area contributed by atoms with Crippen LogP contribution in [0.15, 0.2) is 28.7 Å². The fraction of sp³-hybridized carbons (Fsp3) is 0.429. The van der Waals surface area contributed by atoms with Gasteiger partial charge in [0.1, 0.15) is 5.92 Å². The van der Waals surface area contributed by atoms with E-state index in [4.69, 9.17) is 0 Å². The molecule has 1 aliphatic rings. The van der Waals surface area contributed by atoms with E-state index in [1.54, 1.807) is 0 Å². The van der Waals surface area contributed by atoms with Crippen molar-refractivity contribution in [1.29, 1.82) is 5.26 Å². The zero-order valence-electron chi connectivity index (χ0n) is 9.53. The number of benzene rings is 1. The number of ketones is 1. The van der Waals surface area contributed by atoms with Gasteiger partial charge in [-0.1, -0.05) is 47.0 Å². The summed E-state index contributed by atoms with van der Waals surface area (Å²) in [5, 5.41) is 9.24. The van der Waals surface area contributed by atoms with Crippen LogP contribution in [0.3, 0.4) is 0 Å². The van der Waals surface area contributed by atoms with E-state index in [0.717, 1.165) is 35.7 Å². The first-order valence-corrected chi connectivity index (χ1v) is 6.71. The molecule has 1 atom stereocenters. The molecule has 0 bridgehead atoms. The lowest BCUT2D eigenvalue weighted by atomic mass is 9.87. The van der Waals surface area contributed by atoms with Gasteiger partial charge in [-0.3, -0.25) is 4.79 Å². The fourth-order valence-electron chi connectivity index (χ4n) is 2.44. The lowest BCUT2D eigenvalue weighted by Gasteiger charge is -2.14. The molecule has 0 amide bonds. The van der Waals surface area contributed by atoms with Gasteiger partial charge in [-0.25, -0.2) is 0 Å². The number of Topliss-reactive ketones (excluding diaryl/α,β-unsaturated/α-hetero) is 1. The number of carbonyl (C=O) groups excluding carboxylic acids is 1. The summed E-state index contributed by atoms with van der Waals surface area (Å²) in [5.41, 5.74) is 0.798. The Morgan fingerprint density at radius 3 is 2.59 bits per heavy atom. The molecule has 0 aromatic heterocycles. The highest BCUT2D eigenvalue weighted by atomic mass is 79.9. The van der Waals surface area contributed by atoms with Crippen LogP contribution >= 0.6 is 15.9 Å². The van der Waals surface area contributed by atoms with Gasteiger partial charge in [0.2, 0.25) is 0 Å². The van der Waals surface area contributed by atoms with Crippen molar-refractivity contribution in [1.82, 2.24) is 0 Å². The predicted octanol–water partition coefficient (Wildman–Crippen LogP) is 3.82. The minimum Gasteiger partial charge on any atom is -0.298 e. The molecule has 0 N–H and O–H groups in total. The standard InChI is InChI=1S/C14H14BrNO/c15-13-8-4-3-7-11(13)12(9-16)14(17)10-5-1-2-6-10/h3-4,7-8,10,12H,1-2,5-6H2. The lowest BCUT2D eigenvalue weighted by Crippen LogP contribution is -2.19. The predicted molar refractivity (Wildman–Crippen MR) is 69.5 cm³/mol. The third kappa shape index (κ3) is 2.58. The molecule has 1 saturated carbocycles. The smallest absolute Gasteiger partial charge is 0.157 e. The van der Waals surface area contributed by atoms with Crippen LogP contribution in [0.5, 0.6) is 0 Å². The molecular formula is C14H14BrNO. The van der Waals surface area contributed by atoms with Gasteiger partial charge in [0.05, 0.1) is 6.07 Å². The highest BCUT2D eigenvalue weighted by Gasteiger charge is 2.31. The van der Waals surface area contributed by atoms with E-state index < -0.39 is 5.92 Å². The van der Waals surface area contributed by atoms with E-state index in [0.29, 0.717) is 0 Å². The molecule has 3 heteroatoms. The molecule has 0 aliphatic heterocycles. The van der Waals surface area contributed by atoms with E-state index in [1.165, 1.54) is 0 Å². The Kier molecular flexibility index (Phi) is 3.96. The van der Waals surface area contributed by atoms with Gasteiger partial charge in [0.25, 0.3) is 0 Å². The average molecular weight is 292 g/mol. The van der Waals surface area contributed by atoms with E-state index in [1.807, 2.05) is 24.3 Å². The number of halogens is 1. The van der Waals surface area contributed by atoms with E-state index in [-0.39, 0.29) is 11.7 Å². The highest BCUT2D eigenvalue weighted by Crippen LogP contribution is 2.33. The van der Waals surface area contributed by atoms with Crippen LogP contribution in [0, 0.1) is 17.2 Å². The number of rotatable bonds is 3. The summed E-state index contributed by atoms with van der Waals surface area (Å²) >= 11 is 3.41. The summed E-state index contributed by atoms with van der Waals surface area (Å²) in [5.74, 6) is -0.433. The van der Waals surface area contributed by atoms with Gasteiger partial charge >= 0.3 is 0 Å². The number of carbonyl (C=O) groups is 1. The minimum atomic E-state index is -0.617. The molecule has 17 heavy (non-hydrogen) atoms. The van der Waals surface area contributed by atoms with Crippen LogP contribution in [0.2, 0.25) is 0 Å². The molecule has 1 aromatic rings. The normalized spacial score (nSPS) is 17.6. The summed E-state index contributed by atoms with van der Waals surface area (Å²) in [6.07, 6.45) is 4.12. The van der Waals surface area contributed by atoms with Crippen molar-refractivity contribution in [2.45, 2.75) is 31.6 Å². The van der Waals surface area contributed by atoms with E-state index in [9.17, 15) is 10.1 Å². The second-order valence-electron chi connectivity index (χ2n) is 4.47. The minimum absolute atomic E-state index is 0.0896. The third-order valence-electron chi connectivity index (χ3n) is 3.39. The first-order chi connectivity index (χ1) is 8.24. The van der Waals surface area contributed by atoms with Gasteiger partial charge < -0.3 is 0 Å². The molecule has 0 saturated heterocycles. The Morgan fingerprint density at radius 2 is 2.00 bits per heavy atom. The third-order valence-corrected chi connectivity index (χ3v) is 4.11. The number of hydrogen-bond donors (Lipinski definition) is 0. The molecule has 0 spiro atoms. The maximum absolute atomic E-state index is 12.3. The average Bonchev–Trinajstić information content (AvgIpc) is 2.86. The highest BCUT2D eigenvalue weighted by molar-refractivity contribution is 9.10. The summed E-state index contributed by atoms with van der Waals surface area (Å²) in [7, 11) is 0. The van der Waals surface area contributed by atoms with Gasteiger partial charge in [0, 0.05) is 10.4 Å². The Bertz CT molecular complexity index is 458. The number of hydrogen-bond acceptors (Lipinski definition) is 2. The Hall–Kier alpha value is -1.14. The monoisotopic (exact) mass is 291 g/mol. The SMILES string of the molecule is N#CC(C(=O)C1CCCC1)c1ccccc1Br. The van der Waals surface area contributed by atoms with Crippen molar-refractivity contribution < 1.29 is 4.79 Å². The summed E-state index contributed by atoms with van der Waals surface area (Å²) in [4.78, 5) is 12.3. The first kappa shape index (κ1) is 12.3. The Morgan fingerprint density at radius 1 is 1.35 bits per heavy atom. The molecule has 0 radical (unpaired) electrons. The largest absolute Gasteiger partial charge is 0.298 e. The van der Waals surface area contributed by atoms with Crippen molar-refractivity contribution in [2.75, 3.05) is 0 Å². The van der Waals surface area contributed by atoms with E-state index in [2.05, 4.69) is 22.0 Å². The van der Waals surface area contributed by atoms with Crippen molar-refractivity contribution in [3.8, 4) is 6.07 Å². The maximum atomic E-state index is 12.3. The molecular weight excluding hydrogens is 278 g/mol. The number of nitriles is 1. The van der Waals surface area contributed by atoms with Gasteiger partial charge in [-0.05, 0) is 24.5 Å². The van der Waals surface area contributed by atoms with Gasteiger partial charge in [-0.15, -0.1) is 0 Å². The quantitative estimate of drug-likeness (QED) is 0.849. The second kappa shape index (κ2) is 5.46. The molecule has 1 fully saturated rings. The molecule has 1 aromatic carbocycles. The van der Waals surface area contributed by atoms with Crippen molar-refractivity contribution >= 4 is 21.7 Å². The van der Waals surface area contributed by atoms with Crippen LogP contribution in [0.4, 0.5) is 0 Å². The van der Waals surface area contributed by atoms with Gasteiger partial charge in [-0.2, -0.15) is 5.26 Å². The summed E-state index contributed by atoms with van der Waals surface area (Å²) in [6.45, 7) is 0. The van der Waals surface area contributed by atoms with Gasteiger partial charge in [0.15, 0.2) is 5.78 Å². The van der Waals surface area contributed by atoms with E-state index >= 15 is 0 Å². The Balaban J connectivity index is 2.25. The summed E-state index contributed by atoms with van der Waals surface area (Å²) < 4.78 is 0.845. The lowest BCUT2D eigenvalue weighted by molar-refractivity contribution is -0.123. The molecule has 88 valence electrons. The van der Waals surface area contributed by atoms with Crippen molar-refractivity contribution in [3.63, 3.8) is 0 Å². The Labute approximate surface area is 110 Å². The van der Waals surface area contributed by atoms with Crippen LogP contribution in [0.1, 0.15) is 37.2 Å². The molecule has 0 heterocycles. The van der Waals surface area contributed by atoms with Crippen LogP contribution in [-0.2, 0) is 4.79 Å².